The zero-order valence-electron chi connectivity index (χ0n) is 22.0. The number of fused-ring (bicyclic) bond motifs is 4. The molecule has 3 fully saturated rings. The van der Waals surface area contributed by atoms with Crippen LogP contribution in [0.3, 0.4) is 0 Å². The number of imide groups is 2. The van der Waals surface area contributed by atoms with Gasteiger partial charge in [0.2, 0.25) is 23.6 Å². The zero-order valence-corrected chi connectivity index (χ0v) is 22.0. The lowest BCUT2D eigenvalue weighted by molar-refractivity contribution is -0.142. The number of nitrogens with zero attached hydrogens (tertiary/aromatic N) is 2. The summed E-state index contributed by atoms with van der Waals surface area (Å²) >= 11 is 0. The van der Waals surface area contributed by atoms with Crippen LogP contribution < -0.4 is 4.90 Å². The number of benzene rings is 2. The predicted octanol–water partition coefficient (Wildman–Crippen LogP) is 3.49. The lowest BCUT2D eigenvalue weighted by Gasteiger charge is -2.49. The molecule has 0 bridgehead atoms. The molecule has 6 atom stereocenters. The molecular formula is C31H30N2O7. The summed E-state index contributed by atoms with van der Waals surface area (Å²) in [5, 5.41) is 19.4. The van der Waals surface area contributed by atoms with Crippen LogP contribution in [0.5, 0.6) is 5.75 Å². The average molecular weight is 543 g/mol. The summed E-state index contributed by atoms with van der Waals surface area (Å²) in [6.07, 6.45) is 2.54. The number of aliphatic carboxylic acids is 1. The minimum absolute atomic E-state index is 0.0301. The maximum Gasteiger partial charge on any atom is 0.303 e. The molecule has 2 aliphatic heterocycles. The van der Waals surface area contributed by atoms with Crippen LogP contribution in [0.15, 0.2) is 66.2 Å². The van der Waals surface area contributed by atoms with Gasteiger partial charge in [-0.05, 0) is 61.9 Å². The third kappa shape index (κ3) is 3.71. The number of amides is 4. The second-order valence-electron chi connectivity index (χ2n) is 11.4. The van der Waals surface area contributed by atoms with Crippen LogP contribution in [0, 0.1) is 29.1 Å². The van der Waals surface area contributed by atoms with Crippen LogP contribution in [0.25, 0.3) is 0 Å². The van der Waals surface area contributed by atoms with Gasteiger partial charge >= 0.3 is 5.97 Å². The predicted molar refractivity (Wildman–Crippen MR) is 143 cm³/mol. The number of carboxylic acids is 1. The van der Waals surface area contributed by atoms with E-state index >= 15 is 0 Å². The first kappa shape index (κ1) is 26.0. The topological polar surface area (TPSA) is 132 Å². The molecule has 206 valence electrons. The van der Waals surface area contributed by atoms with Crippen LogP contribution in [-0.4, -0.2) is 51.3 Å². The third-order valence-corrected chi connectivity index (χ3v) is 9.36. The molecular weight excluding hydrogens is 512 g/mol. The Hall–Kier alpha value is -4.27. The zero-order chi connectivity index (χ0) is 28.3. The maximum absolute atomic E-state index is 14.2. The van der Waals surface area contributed by atoms with Crippen LogP contribution in [0.1, 0.15) is 44.1 Å². The monoisotopic (exact) mass is 542 g/mol. The van der Waals surface area contributed by atoms with E-state index in [-0.39, 0.29) is 55.2 Å². The van der Waals surface area contributed by atoms with Gasteiger partial charge in [-0.3, -0.25) is 28.9 Å². The highest BCUT2D eigenvalue weighted by Gasteiger charge is 2.67. The number of phenols is 1. The molecule has 9 nitrogen and oxygen atoms in total. The van der Waals surface area contributed by atoms with E-state index in [1.807, 2.05) is 18.2 Å². The van der Waals surface area contributed by atoms with E-state index in [1.54, 1.807) is 49.4 Å². The number of allylic oxidation sites excluding steroid dienone is 2. The summed E-state index contributed by atoms with van der Waals surface area (Å²) in [5.74, 6) is -5.31. The van der Waals surface area contributed by atoms with Crippen molar-refractivity contribution in [1.82, 2.24) is 4.90 Å². The van der Waals surface area contributed by atoms with Gasteiger partial charge in [0.05, 0.1) is 28.9 Å². The van der Waals surface area contributed by atoms with E-state index < -0.39 is 41.0 Å². The van der Waals surface area contributed by atoms with Crippen molar-refractivity contribution in [2.24, 2.45) is 29.1 Å². The number of aromatic hydroxyl groups is 1. The van der Waals surface area contributed by atoms with Gasteiger partial charge in [-0.2, -0.15) is 0 Å². The van der Waals surface area contributed by atoms with E-state index in [4.69, 9.17) is 5.11 Å². The highest BCUT2D eigenvalue weighted by Crippen LogP contribution is 2.63. The van der Waals surface area contributed by atoms with Crippen molar-refractivity contribution >= 4 is 35.3 Å². The highest BCUT2D eigenvalue weighted by molar-refractivity contribution is 6.24. The van der Waals surface area contributed by atoms with Crippen molar-refractivity contribution in [2.45, 2.75) is 38.5 Å². The number of hydrogen-bond acceptors (Lipinski definition) is 6. The molecule has 4 aliphatic rings. The van der Waals surface area contributed by atoms with Crippen LogP contribution >= 0.6 is 0 Å². The molecule has 2 aromatic rings. The molecule has 0 spiro atoms. The Labute approximate surface area is 231 Å². The molecule has 2 N–H and O–H groups in total. The Balaban J connectivity index is 1.44. The smallest absolute Gasteiger partial charge is 0.303 e. The molecule has 2 saturated heterocycles. The molecule has 2 aliphatic carbocycles. The van der Waals surface area contributed by atoms with Crippen molar-refractivity contribution in [1.29, 1.82) is 0 Å². The number of hydrogen-bond donors (Lipinski definition) is 2. The number of carbonyl (C=O) groups excluding carboxylic acids is 4. The molecule has 6 rings (SSSR count). The number of carboxylic acid groups (broad SMARTS) is 1. The summed E-state index contributed by atoms with van der Waals surface area (Å²) in [7, 11) is 0. The lowest BCUT2D eigenvalue weighted by Crippen LogP contribution is -2.48. The van der Waals surface area contributed by atoms with Gasteiger partial charge in [-0.15, -0.1) is 0 Å². The van der Waals surface area contributed by atoms with Crippen molar-refractivity contribution < 1.29 is 34.2 Å². The molecule has 0 aromatic heterocycles. The quantitative estimate of drug-likeness (QED) is 0.422. The molecule has 9 heteroatoms. The summed E-state index contributed by atoms with van der Waals surface area (Å²) in [5.41, 5.74) is 0.834. The van der Waals surface area contributed by atoms with Gasteiger partial charge in [0.15, 0.2) is 0 Å². The van der Waals surface area contributed by atoms with Crippen molar-refractivity contribution in [3.05, 3.63) is 71.8 Å². The first-order valence-corrected chi connectivity index (χ1v) is 13.6. The fourth-order valence-corrected chi connectivity index (χ4v) is 7.60. The van der Waals surface area contributed by atoms with Crippen molar-refractivity contribution in [3.8, 4) is 5.75 Å². The molecule has 40 heavy (non-hydrogen) atoms. The standard InChI is InChI=1S/C31H30N2O7/c1-31-23(28(38)33(30(31)40)18-8-3-2-4-9-18)16-22-20(26(31)17-7-5-10-19(34)15-17)12-13-21-25(22)29(39)32(27(21)37)14-6-11-24(35)36/h2-5,7-10,12,15,21-23,25-26,34H,6,11,13-14,16H2,1H3,(H,35,36). The molecule has 1 saturated carbocycles. The van der Waals surface area contributed by atoms with Crippen LogP contribution in [0.4, 0.5) is 5.69 Å². The number of rotatable bonds is 6. The maximum atomic E-state index is 14.2. The largest absolute Gasteiger partial charge is 0.508 e. The SMILES string of the molecule is CC12C(=O)N(c3ccccc3)C(=O)C1CC1C(=CCC3C(=O)N(CCCC(=O)O)C(=O)C31)C2c1cccc(O)c1. The number of likely N-dealkylation sites (tertiary alicyclic amines) is 1. The Morgan fingerprint density at radius 1 is 0.975 bits per heavy atom. The van der Waals surface area contributed by atoms with Gasteiger partial charge in [0, 0.05) is 18.9 Å². The van der Waals surface area contributed by atoms with Gasteiger partial charge in [0.1, 0.15) is 5.75 Å². The minimum Gasteiger partial charge on any atom is -0.508 e. The van der Waals surface area contributed by atoms with E-state index in [9.17, 15) is 29.1 Å². The van der Waals surface area contributed by atoms with Gasteiger partial charge in [0.25, 0.3) is 0 Å². The summed E-state index contributed by atoms with van der Waals surface area (Å²) in [4.78, 5) is 68.7. The van der Waals surface area contributed by atoms with Gasteiger partial charge in [-0.1, -0.05) is 42.0 Å². The number of para-hydroxylation sites is 1. The fourth-order valence-electron chi connectivity index (χ4n) is 7.60. The van der Waals surface area contributed by atoms with Crippen LogP contribution in [-0.2, 0) is 24.0 Å². The Morgan fingerprint density at radius 2 is 1.73 bits per heavy atom. The number of phenolic OH excluding ortho intramolecular Hbond substituents is 1. The molecule has 6 unspecified atom stereocenters. The van der Waals surface area contributed by atoms with Gasteiger partial charge < -0.3 is 10.2 Å². The second kappa shape index (κ2) is 9.43. The fraction of sp³-hybridized carbons (Fsp3) is 0.387. The van der Waals surface area contributed by atoms with E-state index in [2.05, 4.69) is 0 Å². The molecule has 2 aromatic carbocycles. The van der Waals surface area contributed by atoms with E-state index in [0.29, 0.717) is 17.7 Å². The summed E-state index contributed by atoms with van der Waals surface area (Å²) in [6, 6.07) is 15.4. The first-order valence-electron chi connectivity index (χ1n) is 13.6. The van der Waals surface area contributed by atoms with Crippen molar-refractivity contribution in [3.63, 3.8) is 0 Å². The third-order valence-electron chi connectivity index (χ3n) is 9.36. The summed E-state index contributed by atoms with van der Waals surface area (Å²) in [6.45, 7) is 1.84. The van der Waals surface area contributed by atoms with E-state index in [0.717, 1.165) is 5.57 Å². The number of anilines is 1. The van der Waals surface area contributed by atoms with Crippen LogP contribution in [0.2, 0.25) is 0 Å². The molecule has 2 heterocycles. The number of carbonyl (C=O) groups is 5. The molecule has 4 amide bonds. The molecule has 0 radical (unpaired) electrons. The summed E-state index contributed by atoms with van der Waals surface area (Å²) < 4.78 is 0. The van der Waals surface area contributed by atoms with E-state index in [1.165, 1.54) is 9.80 Å². The Bertz CT molecular complexity index is 1470. The first-order chi connectivity index (χ1) is 19.1. The lowest BCUT2D eigenvalue weighted by atomic mass is 9.51. The van der Waals surface area contributed by atoms with Crippen molar-refractivity contribution in [2.75, 3.05) is 11.4 Å². The van der Waals surface area contributed by atoms with Gasteiger partial charge in [-0.25, -0.2) is 4.90 Å². The second-order valence-corrected chi connectivity index (χ2v) is 11.4. The Morgan fingerprint density at radius 3 is 2.42 bits per heavy atom. The highest BCUT2D eigenvalue weighted by atomic mass is 16.4. The minimum atomic E-state index is -1.16. The average Bonchev–Trinajstić information content (AvgIpc) is 3.28. The Kier molecular flexibility index (Phi) is 6.12. The normalized spacial score (nSPS) is 31.1.